The maximum absolute atomic E-state index is 14.2. The van der Waals surface area contributed by atoms with E-state index in [4.69, 9.17) is 4.52 Å². The monoisotopic (exact) mass is 441 g/mol. The Morgan fingerprint density at radius 3 is 2.45 bits per heavy atom. The number of halogens is 5. The summed E-state index contributed by atoms with van der Waals surface area (Å²) in [6, 6.07) is 4.57. The van der Waals surface area contributed by atoms with Crippen molar-refractivity contribution in [3.63, 3.8) is 0 Å². The van der Waals surface area contributed by atoms with Crippen LogP contribution in [0.1, 0.15) is 46.7 Å². The van der Waals surface area contributed by atoms with Crippen LogP contribution in [0.5, 0.6) is 0 Å². The SMILES string of the molecule is Cc1noc([C@@H](C)NC(=O)c2cc(-c3ccc(F)cc3F)cc(C(O)C(F)(F)F)c2)n1. The fraction of sp³-hybridized carbons (Fsp3) is 0.250. The summed E-state index contributed by atoms with van der Waals surface area (Å²) in [6.45, 7) is 3.08. The Bertz CT molecular complexity index is 1110. The predicted octanol–water partition coefficient (Wildman–Crippen LogP) is 4.41. The van der Waals surface area contributed by atoms with E-state index in [1.807, 2.05) is 0 Å². The predicted molar refractivity (Wildman–Crippen MR) is 97.7 cm³/mol. The molecule has 1 aromatic heterocycles. The molecule has 0 radical (unpaired) electrons. The summed E-state index contributed by atoms with van der Waals surface area (Å²) in [7, 11) is 0. The highest BCUT2D eigenvalue weighted by Gasteiger charge is 2.40. The van der Waals surface area contributed by atoms with E-state index >= 15 is 0 Å². The van der Waals surface area contributed by atoms with Crippen molar-refractivity contribution in [1.29, 1.82) is 0 Å². The summed E-state index contributed by atoms with van der Waals surface area (Å²) in [6.07, 6.45) is -7.94. The van der Waals surface area contributed by atoms with Gasteiger partial charge in [0.15, 0.2) is 11.9 Å². The first-order valence-corrected chi connectivity index (χ1v) is 8.92. The van der Waals surface area contributed by atoms with Crippen molar-refractivity contribution in [2.75, 3.05) is 0 Å². The Morgan fingerprint density at radius 1 is 1.16 bits per heavy atom. The van der Waals surface area contributed by atoms with Gasteiger partial charge in [0.05, 0.1) is 0 Å². The molecule has 164 valence electrons. The van der Waals surface area contributed by atoms with E-state index < -0.39 is 41.4 Å². The summed E-state index contributed by atoms with van der Waals surface area (Å²) >= 11 is 0. The summed E-state index contributed by atoms with van der Waals surface area (Å²) in [5.74, 6) is -2.36. The molecule has 1 amide bonds. The van der Waals surface area contributed by atoms with Gasteiger partial charge in [0, 0.05) is 17.2 Å². The number of nitrogens with zero attached hydrogens (tertiary/aromatic N) is 2. The molecule has 31 heavy (non-hydrogen) atoms. The number of hydrogen-bond donors (Lipinski definition) is 2. The third kappa shape index (κ3) is 5.05. The first kappa shape index (κ1) is 22.3. The highest BCUT2D eigenvalue weighted by molar-refractivity contribution is 5.96. The number of alkyl halides is 3. The second-order valence-electron chi connectivity index (χ2n) is 6.79. The van der Waals surface area contributed by atoms with Crippen molar-refractivity contribution < 1.29 is 36.4 Å². The molecule has 0 aliphatic rings. The molecule has 0 saturated heterocycles. The Labute approximate surface area is 172 Å². The van der Waals surface area contributed by atoms with Crippen molar-refractivity contribution in [2.24, 2.45) is 0 Å². The van der Waals surface area contributed by atoms with E-state index in [0.29, 0.717) is 11.9 Å². The van der Waals surface area contributed by atoms with Gasteiger partial charge in [0.1, 0.15) is 17.7 Å². The lowest BCUT2D eigenvalue weighted by atomic mass is 9.96. The van der Waals surface area contributed by atoms with Crippen LogP contribution in [0.4, 0.5) is 22.0 Å². The first-order chi connectivity index (χ1) is 14.5. The highest BCUT2D eigenvalue weighted by atomic mass is 19.4. The number of rotatable bonds is 5. The maximum atomic E-state index is 14.2. The fourth-order valence-corrected chi connectivity index (χ4v) is 2.84. The fourth-order valence-electron chi connectivity index (χ4n) is 2.84. The molecular weight excluding hydrogens is 425 g/mol. The van der Waals surface area contributed by atoms with Gasteiger partial charge in [0.2, 0.25) is 5.89 Å². The normalized spacial score (nSPS) is 13.7. The second-order valence-corrected chi connectivity index (χ2v) is 6.79. The van der Waals surface area contributed by atoms with Crippen molar-refractivity contribution >= 4 is 5.91 Å². The number of hydrogen-bond acceptors (Lipinski definition) is 5. The first-order valence-electron chi connectivity index (χ1n) is 8.92. The van der Waals surface area contributed by atoms with Crippen LogP contribution in [0, 0.1) is 18.6 Å². The molecule has 3 rings (SSSR count). The standard InChI is InChI=1S/C20H16F5N3O3/c1-9(19-27-10(2)28-31-19)26-18(30)13-6-11(15-4-3-14(21)8-16(15)22)5-12(7-13)17(29)20(23,24)25/h3-9,17,29H,1-2H3,(H,26,30)/t9-,17?/m1/s1. The van der Waals surface area contributed by atoms with Gasteiger partial charge in [-0.05, 0) is 55.3 Å². The minimum Gasteiger partial charge on any atom is -0.379 e. The number of carbonyl (C=O) groups is 1. The molecule has 1 heterocycles. The van der Waals surface area contributed by atoms with Crippen LogP contribution in [0.3, 0.4) is 0 Å². The van der Waals surface area contributed by atoms with Crippen molar-refractivity contribution in [3.05, 3.63) is 70.9 Å². The summed E-state index contributed by atoms with van der Waals surface area (Å²) < 4.78 is 71.6. The summed E-state index contributed by atoms with van der Waals surface area (Å²) in [5, 5.41) is 15.7. The van der Waals surface area contributed by atoms with E-state index in [-0.39, 0.29) is 22.6 Å². The summed E-state index contributed by atoms with van der Waals surface area (Å²) in [4.78, 5) is 16.6. The van der Waals surface area contributed by atoms with Gasteiger partial charge >= 0.3 is 6.18 Å². The third-order valence-corrected chi connectivity index (χ3v) is 4.35. The van der Waals surface area contributed by atoms with Gasteiger partial charge in [0.25, 0.3) is 5.91 Å². The molecular formula is C20H16F5N3O3. The van der Waals surface area contributed by atoms with Crippen molar-refractivity contribution in [2.45, 2.75) is 32.2 Å². The van der Waals surface area contributed by atoms with Crippen LogP contribution in [0.15, 0.2) is 40.9 Å². The minimum atomic E-state index is -5.03. The zero-order valence-electron chi connectivity index (χ0n) is 16.2. The molecule has 0 aliphatic carbocycles. The topological polar surface area (TPSA) is 88.2 Å². The van der Waals surface area contributed by atoms with Crippen LogP contribution in [-0.4, -0.2) is 27.3 Å². The quantitative estimate of drug-likeness (QED) is 0.573. The van der Waals surface area contributed by atoms with Gasteiger partial charge < -0.3 is 14.9 Å². The van der Waals surface area contributed by atoms with E-state index in [1.54, 1.807) is 6.92 Å². The molecule has 2 N–H and O–H groups in total. The van der Waals surface area contributed by atoms with Gasteiger partial charge in [-0.25, -0.2) is 8.78 Å². The van der Waals surface area contributed by atoms with E-state index in [0.717, 1.165) is 30.3 Å². The van der Waals surface area contributed by atoms with Gasteiger partial charge in [-0.2, -0.15) is 18.2 Å². The molecule has 2 aromatic carbocycles. The highest BCUT2D eigenvalue weighted by Crippen LogP contribution is 2.35. The van der Waals surface area contributed by atoms with Crippen LogP contribution < -0.4 is 5.32 Å². The van der Waals surface area contributed by atoms with E-state index in [9.17, 15) is 31.9 Å². The molecule has 1 unspecified atom stereocenters. The molecule has 0 bridgehead atoms. The van der Waals surface area contributed by atoms with Gasteiger partial charge in [-0.3, -0.25) is 4.79 Å². The van der Waals surface area contributed by atoms with Crippen molar-refractivity contribution in [3.8, 4) is 11.1 Å². The molecule has 0 saturated carbocycles. The smallest absolute Gasteiger partial charge is 0.379 e. The molecule has 0 spiro atoms. The number of carbonyl (C=O) groups excluding carboxylic acids is 1. The van der Waals surface area contributed by atoms with Crippen molar-refractivity contribution in [1.82, 2.24) is 15.5 Å². The number of aliphatic hydroxyl groups is 1. The molecule has 11 heteroatoms. The lowest BCUT2D eigenvalue weighted by molar-refractivity contribution is -0.206. The average Bonchev–Trinajstić information content (AvgIpc) is 3.12. The van der Waals surface area contributed by atoms with Gasteiger partial charge in [-0.15, -0.1) is 0 Å². The van der Waals surface area contributed by atoms with Crippen LogP contribution in [0.2, 0.25) is 0 Å². The lowest BCUT2D eigenvalue weighted by Crippen LogP contribution is -2.27. The average molecular weight is 441 g/mol. The number of aryl methyl sites for hydroxylation is 1. The Balaban J connectivity index is 2.03. The van der Waals surface area contributed by atoms with Crippen LogP contribution in [0.25, 0.3) is 11.1 Å². The molecule has 0 aliphatic heterocycles. The van der Waals surface area contributed by atoms with Gasteiger partial charge in [-0.1, -0.05) is 5.16 Å². The van der Waals surface area contributed by atoms with Crippen LogP contribution in [-0.2, 0) is 0 Å². The number of amides is 1. The molecule has 3 aromatic rings. The number of aromatic nitrogens is 2. The van der Waals surface area contributed by atoms with E-state index in [2.05, 4.69) is 15.5 Å². The molecule has 2 atom stereocenters. The van der Waals surface area contributed by atoms with Crippen LogP contribution >= 0.6 is 0 Å². The number of aliphatic hydroxyl groups excluding tert-OH is 1. The Hall–Kier alpha value is -3.34. The summed E-state index contributed by atoms with van der Waals surface area (Å²) in [5.41, 5.74) is -1.36. The number of benzene rings is 2. The zero-order valence-corrected chi connectivity index (χ0v) is 16.2. The maximum Gasteiger partial charge on any atom is 0.418 e. The molecule has 0 fully saturated rings. The molecule has 6 nitrogen and oxygen atoms in total. The lowest BCUT2D eigenvalue weighted by Gasteiger charge is -2.18. The largest absolute Gasteiger partial charge is 0.418 e. The Kier molecular flexibility index (Phi) is 6.07. The number of nitrogens with one attached hydrogen (secondary N) is 1. The van der Waals surface area contributed by atoms with E-state index in [1.165, 1.54) is 6.92 Å². The third-order valence-electron chi connectivity index (χ3n) is 4.35. The second kappa shape index (κ2) is 8.42. The minimum absolute atomic E-state index is 0.0714. The zero-order chi connectivity index (χ0) is 22.9. The Morgan fingerprint density at radius 2 is 1.87 bits per heavy atom.